The number of hydrogen-bond donors (Lipinski definition) is 2. The van der Waals surface area contributed by atoms with Gasteiger partial charge in [0.15, 0.2) is 0 Å². The molecule has 21 heavy (non-hydrogen) atoms. The number of pyridine rings is 1. The van der Waals surface area contributed by atoms with Crippen LogP contribution in [0.15, 0.2) is 36.4 Å². The van der Waals surface area contributed by atoms with Gasteiger partial charge >= 0.3 is 0 Å². The lowest BCUT2D eigenvalue weighted by atomic mass is 10.3. The highest BCUT2D eigenvalue weighted by atomic mass is 16.5. The molecule has 0 unspecified atom stereocenters. The molecular formula is C16H21N3O2. The van der Waals surface area contributed by atoms with Gasteiger partial charge in [-0.1, -0.05) is 12.1 Å². The SMILES string of the molecule is CCOc1ccccc1Nc1ccc(N)c(OC(C)C)n1. The summed E-state index contributed by atoms with van der Waals surface area (Å²) in [5.41, 5.74) is 7.24. The standard InChI is InChI=1S/C16H21N3O2/c1-4-20-14-8-6-5-7-13(14)18-15-10-9-12(17)16(19-15)21-11(2)3/h5-11H,4,17H2,1-3H3,(H,18,19). The lowest BCUT2D eigenvalue weighted by molar-refractivity contribution is 0.234. The Balaban J connectivity index is 2.23. The van der Waals surface area contributed by atoms with Crippen molar-refractivity contribution >= 4 is 17.2 Å². The summed E-state index contributed by atoms with van der Waals surface area (Å²) in [5.74, 6) is 1.88. The summed E-state index contributed by atoms with van der Waals surface area (Å²) >= 11 is 0. The van der Waals surface area contributed by atoms with Crippen molar-refractivity contribution in [1.29, 1.82) is 0 Å². The fourth-order valence-corrected chi connectivity index (χ4v) is 1.83. The zero-order valence-electron chi connectivity index (χ0n) is 12.6. The van der Waals surface area contributed by atoms with Crippen LogP contribution < -0.4 is 20.5 Å². The molecule has 3 N–H and O–H groups in total. The Bertz CT molecular complexity index is 600. The van der Waals surface area contributed by atoms with Crippen molar-refractivity contribution in [2.24, 2.45) is 0 Å². The molecule has 0 saturated carbocycles. The van der Waals surface area contributed by atoms with E-state index in [2.05, 4.69) is 10.3 Å². The minimum Gasteiger partial charge on any atom is -0.492 e. The van der Waals surface area contributed by atoms with E-state index >= 15 is 0 Å². The van der Waals surface area contributed by atoms with Gasteiger partial charge in [-0.05, 0) is 45.0 Å². The summed E-state index contributed by atoms with van der Waals surface area (Å²) in [7, 11) is 0. The maximum Gasteiger partial charge on any atom is 0.239 e. The summed E-state index contributed by atoms with van der Waals surface area (Å²) in [6, 6.07) is 11.3. The van der Waals surface area contributed by atoms with Crippen molar-refractivity contribution in [3.05, 3.63) is 36.4 Å². The summed E-state index contributed by atoms with van der Waals surface area (Å²) in [6.45, 7) is 6.43. The zero-order valence-corrected chi connectivity index (χ0v) is 12.6. The second kappa shape index (κ2) is 6.83. The van der Waals surface area contributed by atoms with Crippen molar-refractivity contribution < 1.29 is 9.47 Å². The van der Waals surface area contributed by atoms with E-state index in [9.17, 15) is 0 Å². The van der Waals surface area contributed by atoms with Crippen LogP contribution in [0.3, 0.4) is 0 Å². The highest BCUT2D eigenvalue weighted by molar-refractivity contribution is 5.66. The maximum atomic E-state index is 5.87. The molecule has 1 aromatic carbocycles. The molecule has 0 saturated heterocycles. The van der Waals surface area contributed by atoms with Crippen LogP contribution in [0.5, 0.6) is 11.6 Å². The molecule has 1 heterocycles. The Labute approximate surface area is 125 Å². The highest BCUT2D eigenvalue weighted by Crippen LogP contribution is 2.29. The van der Waals surface area contributed by atoms with Crippen LogP contribution in [-0.4, -0.2) is 17.7 Å². The number of benzene rings is 1. The van der Waals surface area contributed by atoms with Gasteiger partial charge < -0.3 is 20.5 Å². The number of rotatable bonds is 6. The van der Waals surface area contributed by atoms with E-state index < -0.39 is 0 Å². The normalized spacial score (nSPS) is 10.5. The summed E-state index contributed by atoms with van der Waals surface area (Å²) in [6.07, 6.45) is 0.0192. The quantitative estimate of drug-likeness (QED) is 0.849. The zero-order chi connectivity index (χ0) is 15.2. The fourth-order valence-electron chi connectivity index (χ4n) is 1.83. The van der Waals surface area contributed by atoms with Crippen molar-refractivity contribution in [2.45, 2.75) is 26.9 Å². The lowest BCUT2D eigenvalue weighted by Gasteiger charge is -2.14. The number of nitrogens with one attached hydrogen (secondary N) is 1. The number of ether oxygens (including phenoxy) is 2. The maximum absolute atomic E-state index is 5.87. The van der Waals surface area contributed by atoms with Crippen LogP contribution in [0.2, 0.25) is 0 Å². The number of hydrogen-bond acceptors (Lipinski definition) is 5. The molecule has 0 atom stereocenters. The van der Waals surface area contributed by atoms with Crippen molar-refractivity contribution in [3.8, 4) is 11.6 Å². The number of aromatic nitrogens is 1. The van der Waals surface area contributed by atoms with E-state index in [1.54, 1.807) is 6.07 Å². The molecule has 0 spiro atoms. The Morgan fingerprint density at radius 3 is 2.67 bits per heavy atom. The molecule has 1 aromatic heterocycles. The van der Waals surface area contributed by atoms with Gasteiger partial charge in [-0.3, -0.25) is 0 Å². The van der Waals surface area contributed by atoms with E-state index in [0.29, 0.717) is 24.0 Å². The Hall–Kier alpha value is -2.43. The molecule has 0 bridgehead atoms. The van der Waals surface area contributed by atoms with Crippen molar-refractivity contribution in [2.75, 3.05) is 17.7 Å². The van der Waals surface area contributed by atoms with Crippen LogP contribution in [0, 0.1) is 0 Å². The van der Waals surface area contributed by atoms with Gasteiger partial charge in [-0.25, -0.2) is 0 Å². The van der Waals surface area contributed by atoms with Crippen LogP contribution in [0.1, 0.15) is 20.8 Å². The molecule has 5 heteroatoms. The molecule has 2 aromatic rings. The smallest absolute Gasteiger partial charge is 0.239 e. The van der Waals surface area contributed by atoms with Gasteiger partial charge in [0.25, 0.3) is 0 Å². The first-order valence-corrected chi connectivity index (χ1v) is 7.02. The first-order valence-electron chi connectivity index (χ1n) is 7.02. The highest BCUT2D eigenvalue weighted by Gasteiger charge is 2.08. The molecule has 0 radical (unpaired) electrons. The van der Waals surface area contributed by atoms with Crippen LogP contribution >= 0.6 is 0 Å². The Morgan fingerprint density at radius 1 is 1.19 bits per heavy atom. The topological polar surface area (TPSA) is 69.4 Å². The Kier molecular flexibility index (Phi) is 4.87. The predicted molar refractivity (Wildman–Crippen MR) is 85.3 cm³/mol. The second-order valence-corrected chi connectivity index (χ2v) is 4.81. The van der Waals surface area contributed by atoms with Crippen molar-refractivity contribution in [1.82, 2.24) is 4.98 Å². The third kappa shape index (κ3) is 4.02. The van der Waals surface area contributed by atoms with Crippen molar-refractivity contribution in [3.63, 3.8) is 0 Å². The first kappa shape index (κ1) is 15.0. The molecule has 112 valence electrons. The summed E-state index contributed by atoms with van der Waals surface area (Å²) in [5, 5.41) is 3.23. The van der Waals surface area contributed by atoms with Gasteiger partial charge in [-0.2, -0.15) is 4.98 Å². The van der Waals surface area contributed by atoms with Gasteiger partial charge in [0.05, 0.1) is 24.1 Å². The third-order valence-corrected chi connectivity index (χ3v) is 2.69. The number of anilines is 3. The number of nitrogen functional groups attached to an aromatic ring is 1. The van der Waals surface area contributed by atoms with E-state index in [1.807, 2.05) is 51.1 Å². The molecule has 0 aliphatic rings. The largest absolute Gasteiger partial charge is 0.492 e. The molecule has 5 nitrogen and oxygen atoms in total. The van der Waals surface area contributed by atoms with Gasteiger partial charge in [0, 0.05) is 0 Å². The van der Waals surface area contributed by atoms with E-state index in [0.717, 1.165) is 11.4 Å². The van der Waals surface area contributed by atoms with E-state index in [4.69, 9.17) is 15.2 Å². The average Bonchev–Trinajstić information content (AvgIpc) is 2.44. The monoisotopic (exact) mass is 287 g/mol. The molecule has 0 fully saturated rings. The fraction of sp³-hybridized carbons (Fsp3) is 0.312. The molecular weight excluding hydrogens is 266 g/mol. The van der Waals surface area contributed by atoms with Crippen LogP contribution in [0.4, 0.5) is 17.2 Å². The minimum absolute atomic E-state index is 0.0192. The predicted octanol–water partition coefficient (Wildman–Crippen LogP) is 3.59. The van der Waals surface area contributed by atoms with E-state index in [-0.39, 0.29) is 6.10 Å². The van der Waals surface area contributed by atoms with Gasteiger partial charge in [-0.15, -0.1) is 0 Å². The molecule has 0 aliphatic heterocycles. The lowest BCUT2D eigenvalue weighted by Crippen LogP contribution is -2.09. The number of nitrogens with zero attached hydrogens (tertiary/aromatic N) is 1. The van der Waals surface area contributed by atoms with E-state index in [1.165, 1.54) is 0 Å². The van der Waals surface area contributed by atoms with Gasteiger partial charge in [0.1, 0.15) is 11.6 Å². The first-order chi connectivity index (χ1) is 10.1. The third-order valence-electron chi connectivity index (χ3n) is 2.69. The summed E-state index contributed by atoms with van der Waals surface area (Å²) < 4.78 is 11.2. The van der Waals surface area contributed by atoms with Gasteiger partial charge in [0.2, 0.25) is 5.88 Å². The second-order valence-electron chi connectivity index (χ2n) is 4.81. The molecule has 0 amide bonds. The minimum atomic E-state index is 0.0192. The Morgan fingerprint density at radius 2 is 1.95 bits per heavy atom. The number of nitrogens with two attached hydrogens (primary N) is 1. The average molecular weight is 287 g/mol. The summed E-state index contributed by atoms with van der Waals surface area (Å²) in [4.78, 5) is 4.40. The van der Waals surface area contributed by atoms with Crippen LogP contribution in [0.25, 0.3) is 0 Å². The molecule has 0 aliphatic carbocycles. The molecule has 2 rings (SSSR count). The van der Waals surface area contributed by atoms with Crippen LogP contribution in [-0.2, 0) is 0 Å². The number of para-hydroxylation sites is 2.